The number of nitrogens with one attached hydrogen (secondary N) is 1. The molecule has 2 aromatic rings. The number of carbonyl (C=O) groups excluding carboxylic acids is 1. The van der Waals surface area contributed by atoms with Crippen LogP contribution < -0.4 is 11.1 Å². The molecule has 140 valence electrons. The summed E-state index contributed by atoms with van der Waals surface area (Å²) in [6.07, 6.45) is 2.68. The lowest BCUT2D eigenvalue weighted by Crippen LogP contribution is -2.30. The predicted molar refractivity (Wildman–Crippen MR) is 98.3 cm³/mol. The maximum atomic E-state index is 12.6. The SMILES string of the molecule is Cc1oc(C(=O)NC2CCCc3cc(N)ccc32)cc1S(=O)(=O)N(C)C. The first-order valence-electron chi connectivity index (χ1n) is 8.42. The smallest absolute Gasteiger partial charge is 0.287 e. The molecule has 1 unspecified atom stereocenters. The number of nitrogens with zero attached hydrogens (tertiary/aromatic N) is 1. The van der Waals surface area contributed by atoms with E-state index in [0.717, 1.165) is 34.7 Å². The van der Waals surface area contributed by atoms with Crippen LogP contribution in [0.4, 0.5) is 5.69 Å². The number of rotatable bonds is 4. The number of carbonyl (C=O) groups is 1. The first-order valence-corrected chi connectivity index (χ1v) is 9.86. The molecule has 1 aromatic heterocycles. The summed E-state index contributed by atoms with van der Waals surface area (Å²) in [5.74, 6) is -0.242. The van der Waals surface area contributed by atoms with Crippen LogP contribution in [0.2, 0.25) is 0 Å². The summed E-state index contributed by atoms with van der Waals surface area (Å²) in [5, 5.41) is 2.95. The first-order chi connectivity index (χ1) is 12.2. The van der Waals surface area contributed by atoms with Gasteiger partial charge < -0.3 is 15.5 Å². The van der Waals surface area contributed by atoms with E-state index in [2.05, 4.69) is 5.32 Å². The Balaban J connectivity index is 1.85. The van der Waals surface area contributed by atoms with Gasteiger partial charge in [0, 0.05) is 25.8 Å². The van der Waals surface area contributed by atoms with Gasteiger partial charge in [-0.15, -0.1) is 0 Å². The Kier molecular flexibility index (Phi) is 4.81. The van der Waals surface area contributed by atoms with Crippen molar-refractivity contribution in [1.29, 1.82) is 0 Å². The lowest BCUT2D eigenvalue weighted by Gasteiger charge is -2.26. The number of hydrogen-bond donors (Lipinski definition) is 2. The van der Waals surface area contributed by atoms with Crippen molar-refractivity contribution >= 4 is 21.6 Å². The average Bonchev–Trinajstić information content (AvgIpc) is 2.97. The topological polar surface area (TPSA) is 106 Å². The van der Waals surface area contributed by atoms with Crippen molar-refractivity contribution in [3.8, 4) is 0 Å². The molecule has 8 heteroatoms. The minimum atomic E-state index is -3.66. The minimum absolute atomic E-state index is 0.00414. The first kappa shape index (κ1) is 18.5. The highest BCUT2D eigenvalue weighted by Gasteiger charge is 2.28. The number of fused-ring (bicyclic) bond motifs is 1. The van der Waals surface area contributed by atoms with E-state index in [-0.39, 0.29) is 22.5 Å². The fourth-order valence-electron chi connectivity index (χ4n) is 3.24. The van der Waals surface area contributed by atoms with Crippen LogP contribution in [-0.4, -0.2) is 32.7 Å². The molecule has 1 atom stereocenters. The van der Waals surface area contributed by atoms with Crippen molar-refractivity contribution in [2.24, 2.45) is 0 Å². The summed E-state index contributed by atoms with van der Waals surface area (Å²) in [6.45, 7) is 1.53. The molecule has 0 saturated heterocycles. The van der Waals surface area contributed by atoms with Gasteiger partial charge in [0.05, 0.1) is 6.04 Å². The zero-order valence-corrected chi connectivity index (χ0v) is 15.9. The van der Waals surface area contributed by atoms with E-state index in [4.69, 9.17) is 10.2 Å². The second-order valence-corrected chi connectivity index (χ2v) is 8.82. The molecule has 1 heterocycles. The molecule has 0 spiro atoms. The molecule has 26 heavy (non-hydrogen) atoms. The molecule has 0 radical (unpaired) electrons. The molecule has 3 rings (SSSR count). The monoisotopic (exact) mass is 377 g/mol. The van der Waals surface area contributed by atoms with Crippen molar-refractivity contribution in [3.63, 3.8) is 0 Å². The summed E-state index contributed by atoms with van der Waals surface area (Å²) in [6, 6.07) is 6.83. The molecule has 1 aromatic carbocycles. The van der Waals surface area contributed by atoms with Gasteiger partial charge >= 0.3 is 0 Å². The lowest BCUT2D eigenvalue weighted by molar-refractivity contribution is 0.0903. The van der Waals surface area contributed by atoms with E-state index in [0.29, 0.717) is 5.69 Å². The van der Waals surface area contributed by atoms with Gasteiger partial charge in [-0.3, -0.25) is 4.79 Å². The third-order valence-corrected chi connectivity index (χ3v) is 6.56. The van der Waals surface area contributed by atoms with E-state index in [9.17, 15) is 13.2 Å². The highest BCUT2D eigenvalue weighted by atomic mass is 32.2. The van der Waals surface area contributed by atoms with E-state index in [1.165, 1.54) is 27.1 Å². The number of benzene rings is 1. The standard InChI is InChI=1S/C18H23N3O4S/c1-11-17(26(23,24)21(2)3)10-16(25-11)18(22)20-15-6-4-5-12-9-13(19)7-8-14(12)15/h7-10,15H,4-6,19H2,1-3H3,(H,20,22). The number of aryl methyl sites for hydroxylation is 2. The number of nitrogen functional groups attached to an aromatic ring is 1. The zero-order valence-electron chi connectivity index (χ0n) is 15.1. The van der Waals surface area contributed by atoms with Crippen LogP contribution in [0.1, 0.15) is 46.3 Å². The normalized spacial score (nSPS) is 17.2. The summed E-state index contributed by atoms with van der Waals surface area (Å²) in [4.78, 5) is 12.6. The maximum absolute atomic E-state index is 12.6. The van der Waals surface area contributed by atoms with Gasteiger partial charge in [0.15, 0.2) is 5.76 Å². The third kappa shape index (κ3) is 3.34. The molecule has 1 amide bonds. The van der Waals surface area contributed by atoms with Crippen LogP contribution in [0.3, 0.4) is 0 Å². The molecule has 1 aliphatic carbocycles. The fourth-order valence-corrected chi connectivity index (χ4v) is 4.30. The summed E-state index contributed by atoms with van der Waals surface area (Å²) in [5.41, 5.74) is 8.72. The quantitative estimate of drug-likeness (QED) is 0.795. The van der Waals surface area contributed by atoms with Gasteiger partial charge in [-0.05, 0) is 49.4 Å². The van der Waals surface area contributed by atoms with Crippen LogP contribution >= 0.6 is 0 Å². The molecule has 1 aliphatic rings. The number of hydrogen-bond acceptors (Lipinski definition) is 5. The molecule has 7 nitrogen and oxygen atoms in total. The molecular weight excluding hydrogens is 354 g/mol. The van der Waals surface area contributed by atoms with Crippen molar-refractivity contribution in [1.82, 2.24) is 9.62 Å². The van der Waals surface area contributed by atoms with Gasteiger partial charge in [-0.25, -0.2) is 12.7 Å². The number of furan rings is 1. The van der Waals surface area contributed by atoms with Crippen LogP contribution in [0.25, 0.3) is 0 Å². The van der Waals surface area contributed by atoms with Crippen molar-refractivity contribution in [3.05, 3.63) is 46.9 Å². The van der Waals surface area contributed by atoms with E-state index < -0.39 is 15.9 Å². The van der Waals surface area contributed by atoms with Crippen LogP contribution in [-0.2, 0) is 16.4 Å². The Labute approximate surface area is 153 Å². The van der Waals surface area contributed by atoms with Crippen molar-refractivity contribution in [2.45, 2.75) is 37.1 Å². The minimum Gasteiger partial charge on any atom is -0.455 e. The van der Waals surface area contributed by atoms with Crippen molar-refractivity contribution in [2.75, 3.05) is 19.8 Å². The summed E-state index contributed by atoms with van der Waals surface area (Å²) < 4.78 is 31.1. The Morgan fingerprint density at radius 2 is 2.04 bits per heavy atom. The Hall–Kier alpha value is -2.32. The van der Waals surface area contributed by atoms with E-state index in [1.54, 1.807) is 0 Å². The molecule has 0 fully saturated rings. The molecule has 0 saturated carbocycles. The van der Waals surface area contributed by atoms with Crippen LogP contribution in [0, 0.1) is 6.92 Å². The Morgan fingerprint density at radius 1 is 1.31 bits per heavy atom. The van der Waals surface area contributed by atoms with Crippen LogP contribution in [0.15, 0.2) is 33.6 Å². The van der Waals surface area contributed by atoms with Gasteiger partial charge in [-0.1, -0.05) is 6.07 Å². The highest BCUT2D eigenvalue weighted by molar-refractivity contribution is 7.89. The summed E-state index contributed by atoms with van der Waals surface area (Å²) >= 11 is 0. The summed E-state index contributed by atoms with van der Waals surface area (Å²) in [7, 11) is -0.788. The fraction of sp³-hybridized carbons (Fsp3) is 0.389. The van der Waals surface area contributed by atoms with Gasteiger partial charge in [0.2, 0.25) is 10.0 Å². The second kappa shape index (κ2) is 6.77. The van der Waals surface area contributed by atoms with Gasteiger partial charge in [0.25, 0.3) is 5.91 Å². The van der Waals surface area contributed by atoms with E-state index in [1.807, 2.05) is 18.2 Å². The van der Waals surface area contributed by atoms with Gasteiger partial charge in [-0.2, -0.15) is 0 Å². The molecule has 0 bridgehead atoms. The largest absolute Gasteiger partial charge is 0.455 e. The van der Waals surface area contributed by atoms with E-state index >= 15 is 0 Å². The molecular formula is C18H23N3O4S. The number of nitrogens with two attached hydrogens (primary N) is 1. The number of amides is 1. The second-order valence-electron chi connectivity index (χ2n) is 6.70. The number of sulfonamides is 1. The predicted octanol–water partition coefficient (Wildman–Crippen LogP) is 2.23. The van der Waals surface area contributed by atoms with Crippen molar-refractivity contribution < 1.29 is 17.6 Å². The zero-order chi connectivity index (χ0) is 19.1. The number of anilines is 1. The van der Waals surface area contributed by atoms with Crippen LogP contribution in [0.5, 0.6) is 0 Å². The maximum Gasteiger partial charge on any atom is 0.287 e. The third-order valence-electron chi connectivity index (χ3n) is 4.64. The highest BCUT2D eigenvalue weighted by Crippen LogP contribution is 2.31. The van der Waals surface area contributed by atoms with Gasteiger partial charge in [0.1, 0.15) is 10.7 Å². The molecule has 0 aliphatic heterocycles. The molecule has 3 N–H and O–H groups in total. The average molecular weight is 377 g/mol. The lowest BCUT2D eigenvalue weighted by atomic mass is 9.87. The Bertz CT molecular complexity index is 947. The Morgan fingerprint density at radius 3 is 2.73 bits per heavy atom.